The van der Waals surface area contributed by atoms with E-state index in [9.17, 15) is 4.39 Å². The van der Waals surface area contributed by atoms with Gasteiger partial charge in [0, 0.05) is 42.7 Å². The van der Waals surface area contributed by atoms with Gasteiger partial charge in [-0.3, -0.25) is 0 Å². The molecule has 35 heavy (non-hydrogen) atoms. The molecule has 0 bridgehead atoms. The minimum atomic E-state index is -0.621. The maximum atomic E-state index is 15.0. The lowest BCUT2D eigenvalue weighted by Crippen LogP contribution is -2.24. The van der Waals surface area contributed by atoms with E-state index in [1.54, 1.807) is 6.07 Å². The third-order valence-corrected chi connectivity index (χ3v) is 6.53. The molecule has 4 aromatic rings. The molecular formula is C26H29F2N7. The van der Waals surface area contributed by atoms with Gasteiger partial charge in [-0.05, 0) is 44.0 Å². The summed E-state index contributed by atoms with van der Waals surface area (Å²) in [6.07, 6.45) is 3.65. The number of imidazole rings is 1. The van der Waals surface area contributed by atoms with Gasteiger partial charge in [-0.2, -0.15) is 0 Å². The quantitative estimate of drug-likeness (QED) is 0.419. The average Bonchev–Trinajstić information content (AvgIpc) is 3.39. The molecule has 0 atom stereocenters. The summed E-state index contributed by atoms with van der Waals surface area (Å²) in [5, 5.41) is 6.38. The molecule has 7 nitrogen and oxygen atoms in total. The van der Waals surface area contributed by atoms with Gasteiger partial charge in [0.25, 0.3) is 0 Å². The van der Waals surface area contributed by atoms with E-state index in [1.165, 1.54) is 6.07 Å². The molecule has 6 rings (SSSR count). The van der Waals surface area contributed by atoms with Crippen LogP contribution in [0.15, 0.2) is 30.5 Å². The average molecular weight is 478 g/mol. The van der Waals surface area contributed by atoms with Crippen LogP contribution >= 0.6 is 0 Å². The van der Waals surface area contributed by atoms with E-state index in [2.05, 4.69) is 49.0 Å². The van der Waals surface area contributed by atoms with Crippen LogP contribution in [0, 0.1) is 11.6 Å². The Hall–Kier alpha value is -3.46. The van der Waals surface area contributed by atoms with E-state index in [0.29, 0.717) is 22.4 Å². The number of nitrogens with zero attached hydrogens (tertiary/aromatic N) is 5. The van der Waals surface area contributed by atoms with Gasteiger partial charge in [-0.1, -0.05) is 19.9 Å². The number of hydrogen-bond acceptors (Lipinski definition) is 6. The summed E-state index contributed by atoms with van der Waals surface area (Å²) in [5.41, 5.74) is 3.33. The summed E-state index contributed by atoms with van der Waals surface area (Å²) < 4.78 is 31.8. The predicted molar refractivity (Wildman–Crippen MR) is 133 cm³/mol. The Morgan fingerprint density at radius 3 is 2.69 bits per heavy atom. The standard InChI is InChI=1S/C24H23F2N7.C2H6/c1-24(2)7-5-20-31-22-15(25)9-14(10-18(22)33(20)24)21-16(26)12-28-23(32-21)30-19-4-3-13-11-27-8-6-17(13)29-19;1-2/h3-4,9-10,12,27H,5-8,11H2,1-2H3,(H,28,29,30,32);1-2H3. The maximum absolute atomic E-state index is 15.0. The van der Waals surface area contributed by atoms with E-state index in [1.807, 2.05) is 26.0 Å². The van der Waals surface area contributed by atoms with E-state index >= 15 is 4.39 Å². The molecule has 0 unspecified atom stereocenters. The van der Waals surface area contributed by atoms with Crippen LogP contribution in [0.1, 0.15) is 51.2 Å². The first-order valence-corrected chi connectivity index (χ1v) is 12.1. The molecule has 0 saturated heterocycles. The first-order valence-electron chi connectivity index (χ1n) is 12.1. The van der Waals surface area contributed by atoms with E-state index in [4.69, 9.17) is 0 Å². The molecule has 0 radical (unpaired) electrons. The topological polar surface area (TPSA) is 80.6 Å². The second kappa shape index (κ2) is 8.96. The van der Waals surface area contributed by atoms with Gasteiger partial charge in [0.1, 0.15) is 22.9 Å². The van der Waals surface area contributed by atoms with Crippen molar-refractivity contribution in [3.63, 3.8) is 0 Å². The summed E-state index contributed by atoms with van der Waals surface area (Å²) in [6.45, 7) is 9.88. The Labute approximate surface area is 203 Å². The Bertz CT molecular complexity index is 1410. The second-order valence-corrected chi connectivity index (χ2v) is 9.25. The van der Waals surface area contributed by atoms with E-state index in [-0.39, 0.29) is 17.2 Å². The van der Waals surface area contributed by atoms with Crippen molar-refractivity contribution in [3.05, 3.63) is 59.2 Å². The zero-order valence-corrected chi connectivity index (χ0v) is 20.4. The number of aryl methyl sites for hydroxylation is 1. The zero-order chi connectivity index (χ0) is 24.7. The largest absolute Gasteiger partial charge is 0.322 e. The van der Waals surface area contributed by atoms with E-state index < -0.39 is 11.6 Å². The van der Waals surface area contributed by atoms with Crippen LogP contribution in [0.3, 0.4) is 0 Å². The Kier molecular flexibility index (Phi) is 5.96. The highest BCUT2D eigenvalue weighted by Crippen LogP contribution is 2.38. The van der Waals surface area contributed by atoms with Crippen molar-refractivity contribution >= 4 is 22.8 Å². The Morgan fingerprint density at radius 1 is 1.03 bits per heavy atom. The fourth-order valence-electron chi connectivity index (χ4n) is 4.84. The zero-order valence-electron chi connectivity index (χ0n) is 20.4. The summed E-state index contributed by atoms with van der Waals surface area (Å²) in [6, 6.07) is 6.91. The van der Waals surface area contributed by atoms with Gasteiger partial charge >= 0.3 is 0 Å². The molecule has 0 fully saturated rings. The highest BCUT2D eigenvalue weighted by molar-refractivity contribution is 5.83. The highest BCUT2D eigenvalue weighted by Gasteiger charge is 2.33. The number of benzene rings is 1. The van der Waals surface area contributed by atoms with Crippen molar-refractivity contribution in [1.29, 1.82) is 0 Å². The second-order valence-electron chi connectivity index (χ2n) is 9.25. The smallest absolute Gasteiger partial charge is 0.229 e. The molecule has 2 aliphatic heterocycles. The fourth-order valence-corrected chi connectivity index (χ4v) is 4.84. The molecule has 9 heteroatoms. The van der Waals surface area contributed by atoms with Crippen LogP contribution in [0.2, 0.25) is 0 Å². The fraction of sp³-hybridized carbons (Fsp3) is 0.385. The molecule has 182 valence electrons. The van der Waals surface area contributed by atoms with Crippen LogP contribution in [0.5, 0.6) is 0 Å². The van der Waals surface area contributed by atoms with Crippen molar-refractivity contribution in [2.45, 2.75) is 59.0 Å². The molecule has 1 aromatic carbocycles. The number of nitrogens with one attached hydrogen (secondary N) is 2. The van der Waals surface area contributed by atoms with Crippen molar-refractivity contribution in [1.82, 2.24) is 29.8 Å². The Balaban J connectivity index is 0.00000124. The minimum absolute atomic E-state index is 0.0295. The number of anilines is 2. The molecule has 2 N–H and O–H groups in total. The normalized spacial score (nSPS) is 15.8. The number of rotatable bonds is 3. The first-order chi connectivity index (χ1) is 16.9. The van der Waals surface area contributed by atoms with Crippen molar-refractivity contribution in [2.24, 2.45) is 0 Å². The van der Waals surface area contributed by atoms with Crippen molar-refractivity contribution in [2.75, 3.05) is 11.9 Å². The lowest BCUT2D eigenvalue weighted by molar-refractivity contribution is 0.386. The van der Waals surface area contributed by atoms with Gasteiger partial charge in [-0.25, -0.2) is 28.7 Å². The lowest BCUT2D eigenvalue weighted by atomic mass is 10.0. The number of hydrogen-bond donors (Lipinski definition) is 2. The van der Waals surface area contributed by atoms with Crippen LogP contribution < -0.4 is 10.6 Å². The van der Waals surface area contributed by atoms with Crippen molar-refractivity contribution in [3.8, 4) is 11.3 Å². The van der Waals surface area contributed by atoms with E-state index in [0.717, 1.165) is 55.6 Å². The lowest BCUT2D eigenvalue weighted by Gasteiger charge is -2.22. The molecule has 3 aromatic heterocycles. The first kappa shape index (κ1) is 23.3. The predicted octanol–water partition coefficient (Wildman–Crippen LogP) is 5.26. The molecule has 0 spiro atoms. The van der Waals surface area contributed by atoms with Gasteiger partial charge in [0.15, 0.2) is 11.6 Å². The molecule has 0 aliphatic carbocycles. The molecule has 2 aliphatic rings. The minimum Gasteiger partial charge on any atom is -0.322 e. The number of fused-ring (bicyclic) bond motifs is 4. The van der Waals surface area contributed by atoms with Gasteiger partial charge in [-0.15, -0.1) is 0 Å². The summed E-state index contributed by atoms with van der Waals surface area (Å²) in [4.78, 5) is 17.6. The molecule has 0 amide bonds. The SMILES string of the molecule is CC.CC1(C)CCc2nc3c(F)cc(-c4nc(Nc5ccc6c(n5)CCNC6)ncc4F)cc3n21. The summed E-state index contributed by atoms with van der Waals surface area (Å²) in [5.74, 6) is 0.532. The monoisotopic (exact) mass is 477 g/mol. The van der Waals surface area contributed by atoms with Crippen molar-refractivity contribution < 1.29 is 8.78 Å². The van der Waals surface area contributed by atoms with Crippen LogP contribution in [-0.4, -0.2) is 31.0 Å². The molecule has 0 saturated carbocycles. The van der Waals surface area contributed by atoms with Crippen LogP contribution in [-0.2, 0) is 24.9 Å². The van der Waals surface area contributed by atoms with Gasteiger partial charge < -0.3 is 15.2 Å². The third kappa shape index (κ3) is 4.14. The van der Waals surface area contributed by atoms with Gasteiger partial charge in [0.05, 0.1) is 11.7 Å². The summed E-state index contributed by atoms with van der Waals surface area (Å²) >= 11 is 0. The number of aromatic nitrogens is 5. The third-order valence-electron chi connectivity index (χ3n) is 6.53. The molecule has 5 heterocycles. The Morgan fingerprint density at radius 2 is 1.86 bits per heavy atom. The maximum Gasteiger partial charge on any atom is 0.229 e. The van der Waals surface area contributed by atoms with Crippen LogP contribution in [0.4, 0.5) is 20.5 Å². The molecular weight excluding hydrogens is 448 g/mol. The van der Waals surface area contributed by atoms with Gasteiger partial charge in [0.2, 0.25) is 5.95 Å². The highest BCUT2D eigenvalue weighted by atomic mass is 19.1. The number of pyridine rings is 1. The summed E-state index contributed by atoms with van der Waals surface area (Å²) in [7, 11) is 0. The van der Waals surface area contributed by atoms with Crippen LogP contribution in [0.25, 0.3) is 22.3 Å². The number of halogens is 2.